The molecule has 0 spiro atoms. The molecule has 1 atom stereocenters. The van der Waals surface area contributed by atoms with E-state index in [0.29, 0.717) is 28.7 Å². The molecule has 1 aromatic rings. The van der Waals surface area contributed by atoms with Crippen molar-refractivity contribution in [1.82, 2.24) is 0 Å². The van der Waals surface area contributed by atoms with Crippen LogP contribution in [-0.2, 0) is 16.6 Å². The van der Waals surface area contributed by atoms with Gasteiger partial charge < -0.3 is 4.74 Å². The Morgan fingerprint density at radius 2 is 2.17 bits per heavy atom. The zero-order valence-electron chi connectivity index (χ0n) is 11.1. The SMILES string of the molecule is COc1ccc(CS(=O)CCC(C)C)cc1C#N. The number of methoxy groups -OCH3 is 1. The largest absolute Gasteiger partial charge is 0.495 e. The highest BCUT2D eigenvalue weighted by atomic mass is 32.2. The number of nitriles is 1. The Morgan fingerprint density at radius 1 is 1.44 bits per heavy atom. The van der Waals surface area contributed by atoms with E-state index in [1.54, 1.807) is 12.1 Å². The lowest BCUT2D eigenvalue weighted by Crippen LogP contribution is -2.04. The van der Waals surface area contributed by atoms with Crippen molar-refractivity contribution in [2.75, 3.05) is 12.9 Å². The monoisotopic (exact) mass is 265 g/mol. The number of hydrogen-bond donors (Lipinski definition) is 0. The van der Waals surface area contributed by atoms with Gasteiger partial charge in [0.15, 0.2) is 0 Å². The predicted molar refractivity (Wildman–Crippen MR) is 73.9 cm³/mol. The number of ether oxygens (including phenoxy) is 1. The van der Waals surface area contributed by atoms with Crippen LogP contribution in [0.3, 0.4) is 0 Å². The highest BCUT2D eigenvalue weighted by Crippen LogP contribution is 2.19. The summed E-state index contributed by atoms with van der Waals surface area (Å²) >= 11 is 0. The van der Waals surface area contributed by atoms with E-state index < -0.39 is 10.8 Å². The van der Waals surface area contributed by atoms with Gasteiger partial charge in [0.25, 0.3) is 0 Å². The summed E-state index contributed by atoms with van der Waals surface area (Å²) in [6, 6.07) is 7.47. The van der Waals surface area contributed by atoms with Crippen LogP contribution in [0, 0.1) is 17.2 Å². The van der Waals surface area contributed by atoms with Gasteiger partial charge in [-0.2, -0.15) is 5.26 Å². The molecule has 0 radical (unpaired) electrons. The smallest absolute Gasteiger partial charge is 0.136 e. The Kier molecular flexibility index (Phi) is 5.87. The van der Waals surface area contributed by atoms with Crippen LogP contribution in [0.25, 0.3) is 0 Å². The minimum absolute atomic E-state index is 0.496. The maximum absolute atomic E-state index is 11.9. The molecule has 0 fully saturated rings. The van der Waals surface area contributed by atoms with Crippen molar-refractivity contribution in [3.63, 3.8) is 0 Å². The van der Waals surface area contributed by atoms with Crippen molar-refractivity contribution >= 4 is 10.8 Å². The van der Waals surface area contributed by atoms with Gasteiger partial charge in [0, 0.05) is 22.3 Å². The zero-order valence-corrected chi connectivity index (χ0v) is 11.9. The molecule has 0 aliphatic carbocycles. The lowest BCUT2D eigenvalue weighted by atomic mass is 10.1. The Bertz CT molecular complexity index is 463. The molecular weight excluding hydrogens is 246 g/mol. The van der Waals surface area contributed by atoms with Crippen LogP contribution < -0.4 is 4.74 Å². The summed E-state index contributed by atoms with van der Waals surface area (Å²) in [5.74, 6) is 2.35. The average Bonchev–Trinajstić information content (AvgIpc) is 2.36. The second-order valence-electron chi connectivity index (χ2n) is 4.62. The van der Waals surface area contributed by atoms with Gasteiger partial charge in [-0.05, 0) is 30.0 Å². The molecular formula is C14H19NO2S. The number of benzene rings is 1. The molecule has 0 amide bonds. The van der Waals surface area contributed by atoms with Gasteiger partial charge >= 0.3 is 0 Å². The molecule has 1 unspecified atom stereocenters. The van der Waals surface area contributed by atoms with Crippen LogP contribution >= 0.6 is 0 Å². The number of nitrogens with zero attached hydrogens (tertiary/aromatic N) is 1. The second kappa shape index (κ2) is 7.17. The molecule has 0 saturated heterocycles. The van der Waals surface area contributed by atoms with E-state index >= 15 is 0 Å². The van der Waals surface area contributed by atoms with Crippen LogP contribution in [0.5, 0.6) is 5.75 Å². The minimum atomic E-state index is -0.861. The molecule has 98 valence electrons. The van der Waals surface area contributed by atoms with Gasteiger partial charge in [-0.25, -0.2) is 0 Å². The number of hydrogen-bond acceptors (Lipinski definition) is 3. The maximum atomic E-state index is 11.9. The van der Waals surface area contributed by atoms with E-state index in [2.05, 4.69) is 19.9 Å². The Morgan fingerprint density at radius 3 is 2.72 bits per heavy atom. The molecule has 0 aliphatic rings. The molecule has 1 aromatic carbocycles. The molecule has 0 N–H and O–H groups in total. The van der Waals surface area contributed by atoms with Crippen molar-refractivity contribution in [1.29, 1.82) is 5.26 Å². The van der Waals surface area contributed by atoms with E-state index in [1.165, 1.54) is 7.11 Å². The molecule has 1 rings (SSSR count). The maximum Gasteiger partial charge on any atom is 0.136 e. The van der Waals surface area contributed by atoms with Crippen LogP contribution in [0.4, 0.5) is 0 Å². The topological polar surface area (TPSA) is 50.1 Å². The third kappa shape index (κ3) is 4.50. The van der Waals surface area contributed by atoms with Crippen LogP contribution in [0.15, 0.2) is 18.2 Å². The normalized spacial score (nSPS) is 12.2. The third-order valence-corrected chi connectivity index (χ3v) is 3.98. The standard InChI is InChI=1S/C14H19NO2S/c1-11(2)6-7-18(16)10-12-4-5-14(17-3)13(8-12)9-15/h4-5,8,11H,6-7,10H2,1-3H3. The number of rotatable bonds is 6. The average molecular weight is 265 g/mol. The quantitative estimate of drug-likeness (QED) is 0.794. The van der Waals surface area contributed by atoms with Crippen LogP contribution in [0.2, 0.25) is 0 Å². The Balaban J connectivity index is 2.68. The van der Waals surface area contributed by atoms with Crippen LogP contribution in [-0.4, -0.2) is 17.1 Å². The van der Waals surface area contributed by atoms with Gasteiger partial charge in [-0.1, -0.05) is 19.9 Å². The lowest BCUT2D eigenvalue weighted by molar-refractivity contribution is 0.413. The first-order valence-electron chi connectivity index (χ1n) is 5.98. The van der Waals surface area contributed by atoms with Gasteiger partial charge in [0.1, 0.15) is 11.8 Å². The van der Waals surface area contributed by atoms with Crippen molar-refractivity contribution in [2.45, 2.75) is 26.0 Å². The molecule has 0 aromatic heterocycles. The summed E-state index contributed by atoms with van der Waals surface area (Å²) in [5.41, 5.74) is 1.42. The van der Waals surface area contributed by atoms with E-state index in [0.717, 1.165) is 12.0 Å². The Hall–Kier alpha value is -1.34. The molecule has 3 nitrogen and oxygen atoms in total. The summed E-state index contributed by atoms with van der Waals surface area (Å²) < 4.78 is 16.9. The van der Waals surface area contributed by atoms with Crippen molar-refractivity contribution in [3.05, 3.63) is 29.3 Å². The Labute approximate surface area is 111 Å². The third-order valence-electron chi connectivity index (χ3n) is 2.63. The van der Waals surface area contributed by atoms with E-state index in [-0.39, 0.29) is 0 Å². The van der Waals surface area contributed by atoms with Gasteiger partial charge in [0.2, 0.25) is 0 Å². The summed E-state index contributed by atoms with van der Waals surface area (Å²) in [4.78, 5) is 0. The first kappa shape index (κ1) is 14.7. The van der Waals surface area contributed by atoms with E-state index in [9.17, 15) is 4.21 Å². The molecule has 0 bridgehead atoms. The van der Waals surface area contributed by atoms with Crippen molar-refractivity contribution < 1.29 is 8.95 Å². The van der Waals surface area contributed by atoms with Gasteiger partial charge in [-0.15, -0.1) is 0 Å². The lowest BCUT2D eigenvalue weighted by Gasteiger charge is -2.07. The highest BCUT2D eigenvalue weighted by Gasteiger charge is 2.07. The second-order valence-corrected chi connectivity index (χ2v) is 6.19. The van der Waals surface area contributed by atoms with Crippen molar-refractivity contribution in [3.8, 4) is 11.8 Å². The molecule has 4 heteroatoms. The van der Waals surface area contributed by atoms with Gasteiger partial charge in [0.05, 0.1) is 12.7 Å². The first-order valence-corrected chi connectivity index (χ1v) is 7.47. The first-order chi connectivity index (χ1) is 8.56. The van der Waals surface area contributed by atoms with E-state index in [4.69, 9.17) is 10.00 Å². The molecule has 0 heterocycles. The van der Waals surface area contributed by atoms with E-state index in [1.807, 2.05) is 6.07 Å². The predicted octanol–water partition coefficient (Wildman–Crippen LogP) is 2.86. The summed E-state index contributed by atoms with van der Waals surface area (Å²) in [6.45, 7) is 4.25. The minimum Gasteiger partial charge on any atom is -0.495 e. The zero-order chi connectivity index (χ0) is 13.5. The fourth-order valence-corrected chi connectivity index (χ4v) is 2.99. The van der Waals surface area contributed by atoms with Crippen molar-refractivity contribution in [2.24, 2.45) is 5.92 Å². The summed E-state index contributed by atoms with van der Waals surface area (Å²) in [7, 11) is 0.678. The fraction of sp³-hybridized carbons (Fsp3) is 0.500. The molecule has 18 heavy (non-hydrogen) atoms. The fourth-order valence-electron chi connectivity index (χ4n) is 1.56. The summed E-state index contributed by atoms with van der Waals surface area (Å²) in [5, 5.41) is 8.98. The molecule has 0 saturated carbocycles. The molecule has 0 aliphatic heterocycles. The highest BCUT2D eigenvalue weighted by molar-refractivity contribution is 7.84. The summed E-state index contributed by atoms with van der Waals surface area (Å²) in [6.07, 6.45) is 0.966. The van der Waals surface area contributed by atoms with Crippen LogP contribution in [0.1, 0.15) is 31.4 Å². The van der Waals surface area contributed by atoms with Gasteiger partial charge in [-0.3, -0.25) is 4.21 Å².